The lowest BCUT2D eigenvalue weighted by atomic mass is 10.0. The quantitative estimate of drug-likeness (QED) is 0.533. The van der Waals surface area contributed by atoms with E-state index < -0.39 is 6.04 Å². The number of ether oxygens (including phenoxy) is 1. The molecule has 0 fully saturated rings. The molecule has 0 aliphatic rings. The van der Waals surface area contributed by atoms with Crippen molar-refractivity contribution in [2.75, 3.05) is 5.32 Å². The molecule has 0 aliphatic carbocycles. The highest BCUT2D eigenvalue weighted by Crippen LogP contribution is 2.11. The van der Waals surface area contributed by atoms with Gasteiger partial charge in [-0.15, -0.1) is 0 Å². The van der Waals surface area contributed by atoms with Gasteiger partial charge in [0.1, 0.15) is 12.6 Å². The van der Waals surface area contributed by atoms with Crippen molar-refractivity contribution in [1.29, 1.82) is 0 Å². The second-order valence-electron chi connectivity index (χ2n) is 7.47. The van der Waals surface area contributed by atoms with E-state index in [-0.39, 0.29) is 42.4 Å². The molecule has 2 amide bonds. The van der Waals surface area contributed by atoms with Crippen LogP contribution in [0.2, 0.25) is 0 Å². The minimum absolute atomic E-state index is 0.104. The van der Waals surface area contributed by atoms with Crippen LogP contribution in [0, 0.1) is 5.92 Å². The fourth-order valence-corrected chi connectivity index (χ4v) is 2.50. The third-order valence-electron chi connectivity index (χ3n) is 4.12. The van der Waals surface area contributed by atoms with Crippen molar-refractivity contribution in [2.45, 2.75) is 72.7 Å². The molecule has 1 aromatic carbocycles. The monoisotopic (exact) mass is 391 g/mol. The molecule has 2 atom stereocenters. The Morgan fingerprint density at radius 2 is 1.57 bits per heavy atom. The van der Waals surface area contributed by atoms with Crippen molar-refractivity contribution in [3.8, 4) is 0 Å². The van der Waals surface area contributed by atoms with E-state index in [1.807, 2.05) is 27.7 Å². The highest BCUT2D eigenvalue weighted by molar-refractivity contribution is 5.97. The summed E-state index contributed by atoms with van der Waals surface area (Å²) in [6, 6.07) is 6.16. The third-order valence-corrected chi connectivity index (χ3v) is 4.12. The van der Waals surface area contributed by atoms with E-state index in [0.29, 0.717) is 12.1 Å². The van der Waals surface area contributed by atoms with Gasteiger partial charge < -0.3 is 20.7 Å². The second kappa shape index (κ2) is 11.4. The summed E-state index contributed by atoms with van der Waals surface area (Å²) in [6.45, 7) is 11.5. The molecule has 0 aliphatic heterocycles. The number of benzene rings is 1. The molecule has 7 heteroatoms. The van der Waals surface area contributed by atoms with Gasteiger partial charge in [-0.3, -0.25) is 14.4 Å². The predicted octanol–water partition coefficient (Wildman–Crippen LogP) is 2.61. The number of nitrogens with one attached hydrogen (secondary N) is 3. The van der Waals surface area contributed by atoms with Gasteiger partial charge in [0.25, 0.3) is 0 Å². The standard InChI is InChI=1S/C21H33N3O4/c1-7-18(25)28-12-16-8-10-17(11-9-16)24-20(26)15(6)23-21(27)19(13(2)3)22-14(4)5/h8-11,13-15,19,22H,7,12H2,1-6H3,(H,23,27)(H,24,26)/t15-,19-/m0/s1. The Bertz CT molecular complexity index is 656. The first-order valence-corrected chi connectivity index (χ1v) is 9.75. The van der Waals surface area contributed by atoms with Gasteiger partial charge in [0.05, 0.1) is 6.04 Å². The molecule has 0 saturated carbocycles. The molecule has 1 aromatic rings. The number of amides is 2. The Labute approximate surface area is 167 Å². The molecule has 0 spiro atoms. The second-order valence-corrected chi connectivity index (χ2v) is 7.47. The molecule has 28 heavy (non-hydrogen) atoms. The summed E-state index contributed by atoms with van der Waals surface area (Å²) in [5.41, 5.74) is 1.44. The number of carbonyl (C=O) groups excluding carboxylic acids is 3. The summed E-state index contributed by atoms with van der Waals surface area (Å²) in [7, 11) is 0. The van der Waals surface area contributed by atoms with Crippen molar-refractivity contribution in [3.63, 3.8) is 0 Å². The summed E-state index contributed by atoms with van der Waals surface area (Å²) in [4.78, 5) is 36.1. The van der Waals surface area contributed by atoms with E-state index in [4.69, 9.17) is 4.74 Å². The van der Waals surface area contributed by atoms with E-state index >= 15 is 0 Å². The van der Waals surface area contributed by atoms with Crippen molar-refractivity contribution < 1.29 is 19.1 Å². The molecule has 0 unspecified atom stereocenters. The zero-order valence-electron chi connectivity index (χ0n) is 17.7. The van der Waals surface area contributed by atoms with Gasteiger partial charge >= 0.3 is 5.97 Å². The van der Waals surface area contributed by atoms with Crippen LogP contribution in [0.1, 0.15) is 53.5 Å². The Morgan fingerprint density at radius 3 is 2.07 bits per heavy atom. The van der Waals surface area contributed by atoms with Gasteiger partial charge in [0.2, 0.25) is 11.8 Å². The lowest BCUT2D eigenvalue weighted by molar-refractivity contribution is -0.144. The first kappa shape index (κ1) is 23.6. The third kappa shape index (κ3) is 8.08. The molecule has 0 saturated heterocycles. The number of carbonyl (C=O) groups is 3. The highest BCUT2D eigenvalue weighted by Gasteiger charge is 2.25. The zero-order chi connectivity index (χ0) is 21.3. The molecule has 7 nitrogen and oxygen atoms in total. The fourth-order valence-electron chi connectivity index (χ4n) is 2.50. The largest absolute Gasteiger partial charge is 0.461 e. The lowest BCUT2D eigenvalue weighted by Crippen LogP contribution is -2.53. The number of rotatable bonds is 10. The van der Waals surface area contributed by atoms with Crippen molar-refractivity contribution in [1.82, 2.24) is 10.6 Å². The smallest absolute Gasteiger partial charge is 0.305 e. The molecule has 156 valence electrons. The zero-order valence-corrected chi connectivity index (χ0v) is 17.7. The van der Waals surface area contributed by atoms with E-state index in [1.54, 1.807) is 38.1 Å². The maximum absolute atomic E-state index is 12.5. The molecule has 1 rings (SSSR count). The Morgan fingerprint density at radius 1 is 0.964 bits per heavy atom. The van der Waals surface area contributed by atoms with Crippen LogP contribution in [0.4, 0.5) is 5.69 Å². The van der Waals surface area contributed by atoms with E-state index in [0.717, 1.165) is 5.56 Å². The Hall–Kier alpha value is -2.41. The molecular weight excluding hydrogens is 358 g/mol. The van der Waals surface area contributed by atoms with Crippen LogP contribution in [0.15, 0.2) is 24.3 Å². The minimum atomic E-state index is -0.673. The normalized spacial score (nSPS) is 13.1. The lowest BCUT2D eigenvalue weighted by Gasteiger charge is -2.25. The van der Waals surface area contributed by atoms with Gasteiger partial charge in [-0.25, -0.2) is 0 Å². The van der Waals surface area contributed by atoms with Crippen LogP contribution in [0.25, 0.3) is 0 Å². The van der Waals surface area contributed by atoms with Crippen LogP contribution in [0.3, 0.4) is 0 Å². The van der Waals surface area contributed by atoms with Gasteiger partial charge in [-0.05, 0) is 30.5 Å². The average Bonchev–Trinajstić information content (AvgIpc) is 2.64. The van der Waals surface area contributed by atoms with Crippen molar-refractivity contribution >= 4 is 23.5 Å². The highest BCUT2D eigenvalue weighted by atomic mass is 16.5. The van der Waals surface area contributed by atoms with E-state index in [2.05, 4.69) is 16.0 Å². The first-order valence-electron chi connectivity index (χ1n) is 9.75. The molecule has 0 aromatic heterocycles. The number of esters is 1. The van der Waals surface area contributed by atoms with Crippen LogP contribution >= 0.6 is 0 Å². The summed E-state index contributed by atoms with van der Waals surface area (Å²) in [5, 5.41) is 8.77. The average molecular weight is 392 g/mol. The SMILES string of the molecule is CCC(=O)OCc1ccc(NC(=O)[C@H](C)NC(=O)[C@@H](NC(C)C)C(C)C)cc1. The Kier molecular flexibility index (Phi) is 9.65. The van der Waals surface area contributed by atoms with Gasteiger partial charge in [-0.1, -0.05) is 46.8 Å². The molecule has 0 radical (unpaired) electrons. The van der Waals surface area contributed by atoms with Crippen LogP contribution in [0.5, 0.6) is 0 Å². The summed E-state index contributed by atoms with van der Waals surface area (Å²) < 4.78 is 5.07. The van der Waals surface area contributed by atoms with Gasteiger partial charge in [-0.2, -0.15) is 0 Å². The van der Waals surface area contributed by atoms with Crippen LogP contribution < -0.4 is 16.0 Å². The molecule has 3 N–H and O–H groups in total. The van der Waals surface area contributed by atoms with E-state index in [9.17, 15) is 14.4 Å². The van der Waals surface area contributed by atoms with Crippen molar-refractivity contribution in [2.24, 2.45) is 5.92 Å². The molecular formula is C21H33N3O4. The predicted molar refractivity (Wildman–Crippen MR) is 110 cm³/mol. The number of hydrogen-bond donors (Lipinski definition) is 3. The van der Waals surface area contributed by atoms with E-state index in [1.165, 1.54) is 0 Å². The number of hydrogen-bond acceptors (Lipinski definition) is 5. The molecule has 0 bridgehead atoms. The maximum Gasteiger partial charge on any atom is 0.305 e. The number of anilines is 1. The van der Waals surface area contributed by atoms with Crippen LogP contribution in [-0.4, -0.2) is 35.9 Å². The van der Waals surface area contributed by atoms with Crippen LogP contribution in [-0.2, 0) is 25.7 Å². The van der Waals surface area contributed by atoms with Crippen molar-refractivity contribution in [3.05, 3.63) is 29.8 Å². The van der Waals surface area contributed by atoms with Gasteiger partial charge in [0, 0.05) is 18.2 Å². The topological polar surface area (TPSA) is 96.5 Å². The molecule has 0 heterocycles. The summed E-state index contributed by atoms with van der Waals surface area (Å²) in [6.07, 6.45) is 0.335. The first-order chi connectivity index (χ1) is 13.1. The summed E-state index contributed by atoms with van der Waals surface area (Å²) >= 11 is 0. The minimum Gasteiger partial charge on any atom is -0.461 e. The fraction of sp³-hybridized carbons (Fsp3) is 0.571. The Balaban J connectivity index is 2.59. The summed E-state index contributed by atoms with van der Waals surface area (Å²) in [5.74, 6) is -0.648. The maximum atomic E-state index is 12.5. The van der Waals surface area contributed by atoms with Gasteiger partial charge in [0.15, 0.2) is 0 Å².